The van der Waals surface area contributed by atoms with Gasteiger partial charge >= 0.3 is 6.09 Å². The number of aromatic amines is 1. The van der Waals surface area contributed by atoms with E-state index in [-0.39, 0.29) is 35.5 Å². The molecular weight excluding hydrogens is 424 g/mol. The summed E-state index contributed by atoms with van der Waals surface area (Å²) >= 11 is 0. The van der Waals surface area contributed by atoms with E-state index in [2.05, 4.69) is 44.5 Å². The lowest BCUT2D eigenvalue weighted by Gasteiger charge is -2.29. The van der Waals surface area contributed by atoms with Gasteiger partial charge in [-0.15, -0.1) is 10.2 Å². The maximum absolute atomic E-state index is 12.6. The number of hydrogen-bond acceptors (Lipinski definition) is 6. The Hall–Kier alpha value is -3.27. The minimum atomic E-state index is -0.962. The Labute approximate surface area is 192 Å². The summed E-state index contributed by atoms with van der Waals surface area (Å²) in [6.07, 6.45) is -0.0217. The van der Waals surface area contributed by atoms with Crippen LogP contribution in [-0.4, -0.2) is 68.3 Å². The van der Waals surface area contributed by atoms with Gasteiger partial charge in [-0.05, 0) is 24.3 Å². The smallest absolute Gasteiger partial charge is 0.407 e. The number of benzene rings is 1. The molecule has 10 nitrogen and oxygen atoms in total. The minimum Gasteiger partial charge on any atom is -0.465 e. The lowest BCUT2D eigenvalue weighted by atomic mass is 9.96. The summed E-state index contributed by atoms with van der Waals surface area (Å²) in [5.41, 5.74) is 1.08. The summed E-state index contributed by atoms with van der Waals surface area (Å²) in [5.74, 6) is 0.560. The Morgan fingerprint density at radius 3 is 2.55 bits per heavy atom. The van der Waals surface area contributed by atoms with Gasteiger partial charge in [-0.2, -0.15) is 0 Å². The van der Waals surface area contributed by atoms with E-state index in [1.165, 1.54) is 10.5 Å². The number of carbonyl (C=O) groups excluding carboxylic acids is 1. The fraction of sp³-hybridized carbons (Fsp3) is 0.522. The zero-order chi connectivity index (χ0) is 23.4. The van der Waals surface area contributed by atoms with Crippen LogP contribution in [0.15, 0.2) is 35.1 Å². The van der Waals surface area contributed by atoms with Crippen molar-refractivity contribution in [2.45, 2.75) is 38.8 Å². The van der Waals surface area contributed by atoms with Crippen molar-refractivity contribution in [3.8, 4) is 0 Å². The molecule has 0 radical (unpaired) electrons. The van der Waals surface area contributed by atoms with Gasteiger partial charge in [-0.1, -0.05) is 37.3 Å². The Balaban J connectivity index is 1.31. The first kappa shape index (κ1) is 22.9. The highest BCUT2D eigenvalue weighted by molar-refractivity contribution is 5.79. The summed E-state index contributed by atoms with van der Waals surface area (Å²) in [7, 11) is 0. The van der Waals surface area contributed by atoms with Crippen molar-refractivity contribution in [1.29, 1.82) is 0 Å². The Morgan fingerprint density at radius 2 is 1.88 bits per heavy atom. The molecule has 3 N–H and O–H groups in total. The molecule has 0 bridgehead atoms. The molecule has 2 atom stereocenters. The number of likely N-dealkylation sites (tertiary alicyclic amines) is 2. The fourth-order valence-electron chi connectivity index (χ4n) is 4.70. The fourth-order valence-corrected chi connectivity index (χ4v) is 4.70. The lowest BCUT2D eigenvalue weighted by molar-refractivity contribution is -0.126. The highest BCUT2D eigenvalue weighted by Crippen LogP contribution is 2.30. The van der Waals surface area contributed by atoms with Gasteiger partial charge in [0.2, 0.25) is 5.91 Å². The Bertz CT molecular complexity index is 1030. The SMILES string of the molecule is CC1CN(Cc2ccccc2)CC1c1nnc(CNC(=O)C2CCN(C(=O)O)CC2)c(=O)[nH]1. The van der Waals surface area contributed by atoms with Crippen molar-refractivity contribution in [2.24, 2.45) is 11.8 Å². The second-order valence-corrected chi connectivity index (χ2v) is 9.01. The van der Waals surface area contributed by atoms with Gasteiger partial charge in [-0.3, -0.25) is 14.5 Å². The summed E-state index contributed by atoms with van der Waals surface area (Å²) in [6, 6.07) is 10.3. The van der Waals surface area contributed by atoms with Crippen LogP contribution in [0, 0.1) is 11.8 Å². The van der Waals surface area contributed by atoms with Crippen LogP contribution in [0.5, 0.6) is 0 Å². The largest absolute Gasteiger partial charge is 0.465 e. The van der Waals surface area contributed by atoms with Crippen LogP contribution in [-0.2, 0) is 17.9 Å². The molecule has 0 aliphatic carbocycles. The zero-order valence-electron chi connectivity index (χ0n) is 18.7. The van der Waals surface area contributed by atoms with Crippen LogP contribution in [0.25, 0.3) is 0 Å². The predicted molar refractivity (Wildman–Crippen MR) is 120 cm³/mol. The molecule has 1 aromatic heterocycles. The van der Waals surface area contributed by atoms with Gasteiger partial charge in [0, 0.05) is 44.6 Å². The number of H-pyrrole nitrogens is 1. The van der Waals surface area contributed by atoms with Crippen molar-refractivity contribution in [3.05, 3.63) is 57.8 Å². The summed E-state index contributed by atoms with van der Waals surface area (Å²) in [4.78, 5) is 42.5. The topological polar surface area (TPSA) is 132 Å². The number of nitrogens with zero attached hydrogens (tertiary/aromatic N) is 4. The Morgan fingerprint density at radius 1 is 1.15 bits per heavy atom. The quantitative estimate of drug-likeness (QED) is 0.601. The number of carbonyl (C=O) groups is 2. The number of rotatable bonds is 6. The molecule has 0 spiro atoms. The van der Waals surface area contributed by atoms with E-state index in [1.807, 2.05) is 18.2 Å². The van der Waals surface area contributed by atoms with E-state index < -0.39 is 6.09 Å². The van der Waals surface area contributed by atoms with Gasteiger partial charge in [-0.25, -0.2) is 4.79 Å². The Kier molecular flexibility index (Phi) is 7.02. The van der Waals surface area contributed by atoms with E-state index in [9.17, 15) is 14.4 Å². The molecule has 2 aliphatic heterocycles. The molecule has 1 aromatic carbocycles. The van der Waals surface area contributed by atoms with E-state index >= 15 is 0 Å². The van der Waals surface area contributed by atoms with E-state index in [1.54, 1.807) is 0 Å². The molecule has 2 unspecified atom stereocenters. The highest BCUT2D eigenvalue weighted by Gasteiger charge is 2.33. The molecule has 2 amide bonds. The number of amides is 2. The first-order chi connectivity index (χ1) is 15.9. The zero-order valence-corrected chi connectivity index (χ0v) is 18.7. The van der Waals surface area contributed by atoms with Crippen molar-refractivity contribution in [1.82, 2.24) is 30.3 Å². The average Bonchev–Trinajstić information content (AvgIpc) is 3.18. The van der Waals surface area contributed by atoms with Gasteiger partial charge in [0.25, 0.3) is 5.56 Å². The first-order valence-corrected chi connectivity index (χ1v) is 11.4. The highest BCUT2D eigenvalue weighted by atomic mass is 16.4. The van der Waals surface area contributed by atoms with Gasteiger partial charge in [0.1, 0.15) is 11.5 Å². The van der Waals surface area contributed by atoms with E-state index in [0.29, 0.717) is 37.7 Å². The first-order valence-electron chi connectivity index (χ1n) is 11.4. The number of nitrogens with one attached hydrogen (secondary N) is 2. The van der Waals surface area contributed by atoms with Crippen molar-refractivity contribution in [3.63, 3.8) is 0 Å². The number of aromatic nitrogens is 3. The van der Waals surface area contributed by atoms with Crippen molar-refractivity contribution < 1.29 is 14.7 Å². The number of hydrogen-bond donors (Lipinski definition) is 3. The second-order valence-electron chi connectivity index (χ2n) is 9.01. The van der Waals surface area contributed by atoms with Crippen molar-refractivity contribution in [2.75, 3.05) is 26.2 Å². The minimum absolute atomic E-state index is 0.000936. The third-order valence-corrected chi connectivity index (χ3v) is 6.64. The molecule has 0 saturated carbocycles. The van der Waals surface area contributed by atoms with Crippen LogP contribution in [0.2, 0.25) is 0 Å². The maximum Gasteiger partial charge on any atom is 0.407 e. The standard InChI is InChI=1S/C23H30N6O4/c1-15-12-28(13-16-5-3-2-4-6-16)14-18(15)20-25-22(31)19(26-27-20)11-24-21(30)17-7-9-29(10-8-17)23(32)33/h2-6,15,17-18H,7-14H2,1H3,(H,24,30)(H,32,33)(H,25,27,31). The van der Waals surface area contributed by atoms with Gasteiger partial charge in [0.15, 0.2) is 0 Å². The third kappa shape index (κ3) is 5.57. The van der Waals surface area contributed by atoms with Crippen LogP contribution < -0.4 is 10.9 Å². The number of carboxylic acid groups (broad SMARTS) is 1. The second kappa shape index (κ2) is 10.1. The molecule has 176 valence electrons. The predicted octanol–water partition coefficient (Wildman–Crippen LogP) is 1.41. The van der Waals surface area contributed by atoms with E-state index in [0.717, 1.165) is 19.6 Å². The third-order valence-electron chi connectivity index (χ3n) is 6.64. The molecule has 2 aromatic rings. The van der Waals surface area contributed by atoms with Gasteiger partial charge < -0.3 is 20.3 Å². The molecule has 33 heavy (non-hydrogen) atoms. The molecule has 2 fully saturated rings. The molecule has 4 rings (SSSR count). The van der Waals surface area contributed by atoms with E-state index in [4.69, 9.17) is 5.11 Å². The summed E-state index contributed by atoms with van der Waals surface area (Å²) in [5, 5.41) is 20.1. The van der Waals surface area contributed by atoms with Gasteiger partial charge in [0.05, 0.1) is 6.54 Å². The van der Waals surface area contributed by atoms with Crippen LogP contribution >= 0.6 is 0 Å². The monoisotopic (exact) mass is 454 g/mol. The van der Waals surface area contributed by atoms with Crippen LogP contribution in [0.4, 0.5) is 4.79 Å². The molecule has 3 heterocycles. The summed E-state index contributed by atoms with van der Waals surface area (Å²) < 4.78 is 0. The molecule has 2 saturated heterocycles. The maximum atomic E-state index is 12.6. The normalized spacial score (nSPS) is 21.8. The number of piperidine rings is 1. The van der Waals surface area contributed by atoms with Crippen LogP contribution in [0.1, 0.15) is 42.8 Å². The lowest BCUT2D eigenvalue weighted by Crippen LogP contribution is -2.42. The molecule has 10 heteroatoms. The summed E-state index contributed by atoms with van der Waals surface area (Å²) in [6.45, 7) is 5.40. The molecular formula is C23H30N6O4. The average molecular weight is 455 g/mol. The van der Waals surface area contributed by atoms with Crippen LogP contribution in [0.3, 0.4) is 0 Å². The molecule has 2 aliphatic rings. The van der Waals surface area contributed by atoms with Crippen molar-refractivity contribution >= 4 is 12.0 Å².